The van der Waals surface area contributed by atoms with Crippen molar-refractivity contribution in [3.63, 3.8) is 0 Å². The first-order valence-electron chi connectivity index (χ1n) is 12.9. The third-order valence-corrected chi connectivity index (χ3v) is 6.93. The molecule has 5 rings (SSSR count). The van der Waals surface area contributed by atoms with E-state index in [2.05, 4.69) is 10.6 Å². The van der Waals surface area contributed by atoms with Crippen LogP contribution >= 0.6 is 0 Å². The molecule has 1 fully saturated rings. The zero-order valence-corrected chi connectivity index (χ0v) is 21.4. The summed E-state index contributed by atoms with van der Waals surface area (Å²) < 4.78 is 45.5. The summed E-state index contributed by atoms with van der Waals surface area (Å²) in [6.45, 7) is 0. The third-order valence-electron chi connectivity index (χ3n) is 6.93. The molecule has 2 aliphatic rings. The van der Waals surface area contributed by atoms with Gasteiger partial charge in [0, 0.05) is 29.4 Å². The van der Waals surface area contributed by atoms with Crippen molar-refractivity contribution in [2.24, 2.45) is 0 Å². The zero-order valence-electron chi connectivity index (χ0n) is 21.4. The second kappa shape index (κ2) is 11.4. The van der Waals surface area contributed by atoms with Crippen LogP contribution < -0.4 is 15.4 Å². The van der Waals surface area contributed by atoms with Crippen LogP contribution in [0, 0.1) is 0 Å². The lowest BCUT2D eigenvalue weighted by molar-refractivity contribution is -0.137. The van der Waals surface area contributed by atoms with E-state index in [1.54, 1.807) is 24.3 Å². The number of aliphatic hydroxyl groups is 1. The normalized spacial score (nSPS) is 17.6. The number of alkyl halides is 3. The van der Waals surface area contributed by atoms with Gasteiger partial charge < -0.3 is 20.5 Å². The smallest absolute Gasteiger partial charge is 0.416 e. The second-order valence-electron chi connectivity index (χ2n) is 9.74. The van der Waals surface area contributed by atoms with Crippen LogP contribution in [0.3, 0.4) is 0 Å². The van der Waals surface area contributed by atoms with Gasteiger partial charge in [0.1, 0.15) is 11.9 Å². The highest BCUT2D eigenvalue weighted by molar-refractivity contribution is 6.03. The van der Waals surface area contributed by atoms with Gasteiger partial charge in [0.2, 0.25) is 5.91 Å². The van der Waals surface area contributed by atoms with Crippen molar-refractivity contribution in [3.05, 3.63) is 107 Å². The first-order valence-corrected chi connectivity index (χ1v) is 12.9. The Bertz CT molecular complexity index is 1470. The van der Waals surface area contributed by atoms with E-state index in [4.69, 9.17) is 4.74 Å². The molecule has 1 unspecified atom stereocenters. The Kier molecular flexibility index (Phi) is 7.75. The van der Waals surface area contributed by atoms with E-state index in [9.17, 15) is 27.9 Å². The molecule has 3 aromatic rings. The van der Waals surface area contributed by atoms with Crippen molar-refractivity contribution < 1.29 is 32.6 Å². The van der Waals surface area contributed by atoms with Crippen LogP contribution in [0.1, 0.15) is 41.5 Å². The summed E-state index contributed by atoms with van der Waals surface area (Å²) in [4.78, 5) is 24.5. The van der Waals surface area contributed by atoms with Gasteiger partial charge >= 0.3 is 6.18 Å². The van der Waals surface area contributed by atoms with E-state index in [0.717, 1.165) is 37.0 Å². The standard InChI is InChI=1S/C31H27F3N2O4/c32-31(33,34)21-15-13-19(14-16-21)24(20-5-1-8-23(17-20)40-22-6-2-7-22)9-3-12-29(38)35-26-10-4-11-27-25(26)18-28(37)30(39)36-27/h1,3-5,8-17,22,28,37H,2,6-7,18H2,(H,35,38)(H,36,39). The maximum Gasteiger partial charge on any atom is 0.416 e. The Balaban J connectivity index is 1.40. The fraction of sp³-hybridized carbons (Fsp3) is 0.226. The largest absolute Gasteiger partial charge is 0.490 e. The molecular weight excluding hydrogens is 521 g/mol. The average Bonchev–Trinajstić information content (AvgIpc) is 2.90. The van der Waals surface area contributed by atoms with E-state index in [-0.39, 0.29) is 12.5 Å². The number of benzene rings is 3. The fourth-order valence-electron chi connectivity index (χ4n) is 4.57. The van der Waals surface area contributed by atoms with E-state index < -0.39 is 29.7 Å². The number of carbonyl (C=O) groups is 2. The molecule has 0 bridgehead atoms. The van der Waals surface area contributed by atoms with E-state index >= 15 is 0 Å². The number of carbonyl (C=O) groups excluding carboxylic acids is 2. The van der Waals surface area contributed by atoms with Gasteiger partial charge in [0.15, 0.2) is 0 Å². The van der Waals surface area contributed by atoms with Crippen LogP contribution in [-0.4, -0.2) is 29.1 Å². The average molecular weight is 549 g/mol. The molecule has 3 N–H and O–H groups in total. The van der Waals surface area contributed by atoms with Crippen LogP contribution in [0.15, 0.2) is 85.0 Å². The molecule has 0 radical (unpaired) electrons. The monoisotopic (exact) mass is 548 g/mol. The van der Waals surface area contributed by atoms with Crippen molar-refractivity contribution in [1.82, 2.24) is 0 Å². The lowest BCUT2D eigenvalue weighted by Crippen LogP contribution is -2.34. The van der Waals surface area contributed by atoms with E-state index in [0.29, 0.717) is 33.8 Å². The van der Waals surface area contributed by atoms with Crippen molar-refractivity contribution in [2.75, 3.05) is 10.6 Å². The highest BCUT2D eigenvalue weighted by Gasteiger charge is 2.30. The molecule has 2 amide bonds. The van der Waals surface area contributed by atoms with Crippen LogP contribution in [0.5, 0.6) is 5.75 Å². The number of halogens is 3. The van der Waals surface area contributed by atoms with Crippen molar-refractivity contribution in [2.45, 2.75) is 44.1 Å². The first kappa shape index (κ1) is 27.2. The van der Waals surface area contributed by atoms with Gasteiger partial charge in [0.25, 0.3) is 5.91 Å². The van der Waals surface area contributed by atoms with Gasteiger partial charge in [-0.15, -0.1) is 0 Å². The molecular formula is C31H27F3N2O4. The Hall–Kier alpha value is -4.37. The van der Waals surface area contributed by atoms with E-state index in [1.807, 2.05) is 24.3 Å². The molecule has 1 atom stereocenters. The molecule has 3 aromatic carbocycles. The quantitative estimate of drug-likeness (QED) is 0.245. The van der Waals surface area contributed by atoms with Gasteiger partial charge in [-0.05, 0) is 72.4 Å². The molecule has 1 saturated carbocycles. The summed E-state index contributed by atoms with van der Waals surface area (Å²) in [5.74, 6) is -0.284. The molecule has 0 spiro atoms. The number of ether oxygens (including phenoxy) is 1. The van der Waals surface area contributed by atoms with Gasteiger partial charge in [-0.2, -0.15) is 13.2 Å². The fourth-order valence-corrected chi connectivity index (χ4v) is 4.57. The van der Waals surface area contributed by atoms with Gasteiger partial charge in [-0.25, -0.2) is 0 Å². The molecule has 40 heavy (non-hydrogen) atoms. The third kappa shape index (κ3) is 6.26. The lowest BCUT2D eigenvalue weighted by atomic mass is 9.95. The minimum absolute atomic E-state index is 0.0680. The molecule has 1 heterocycles. The van der Waals surface area contributed by atoms with Crippen LogP contribution in [0.4, 0.5) is 24.5 Å². The number of hydrogen-bond donors (Lipinski definition) is 3. The summed E-state index contributed by atoms with van der Waals surface area (Å²) in [7, 11) is 0. The molecule has 0 aromatic heterocycles. The number of amides is 2. The maximum absolute atomic E-state index is 13.2. The molecule has 6 nitrogen and oxygen atoms in total. The van der Waals surface area contributed by atoms with E-state index in [1.165, 1.54) is 24.3 Å². The summed E-state index contributed by atoms with van der Waals surface area (Å²) in [6.07, 6.45) is 2.15. The number of aliphatic hydroxyl groups excluding tert-OH is 1. The summed E-state index contributed by atoms with van der Waals surface area (Å²) in [5.41, 5.74) is 2.72. The SMILES string of the molecule is O=C(C=CC=C(c1ccc(C(F)(F)F)cc1)c1cccc(OC2CCC2)c1)Nc1cccc2c1CC(O)C(=O)N2. The predicted molar refractivity (Wildman–Crippen MR) is 146 cm³/mol. The molecule has 1 aliphatic heterocycles. The summed E-state index contributed by atoms with van der Waals surface area (Å²) >= 11 is 0. The molecule has 1 aliphatic carbocycles. The number of fused-ring (bicyclic) bond motifs is 1. The Morgan fingerprint density at radius 1 is 1.02 bits per heavy atom. The lowest BCUT2D eigenvalue weighted by Gasteiger charge is -2.26. The van der Waals surface area contributed by atoms with Crippen LogP contribution in [-0.2, 0) is 22.2 Å². The first-order chi connectivity index (χ1) is 19.2. The number of allylic oxidation sites excluding steroid dienone is 2. The highest BCUT2D eigenvalue weighted by Crippen LogP contribution is 2.33. The maximum atomic E-state index is 13.2. The van der Waals surface area contributed by atoms with Gasteiger partial charge in [-0.3, -0.25) is 9.59 Å². The second-order valence-corrected chi connectivity index (χ2v) is 9.74. The number of hydrogen-bond acceptors (Lipinski definition) is 4. The Morgan fingerprint density at radius 2 is 1.77 bits per heavy atom. The zero-order chi connectivity index (χ0) is 28.3. The predicted octanol–water partition coefficient (Wildman–Crippen LogP) is 6.12. The minimum atomic E-state index is -4.45. The Labute approximate surface area is 229 Å². The van der Waals surface area contributed by atoms with Crippen molar-refractivity contribution in [1.29, 1.82) is 0 Å². The highest BCUT2D eigenvalue weighted by atomic mass is 19.4. The van der Waals surface area contributed by atoms with Crippen molar-refractivity contribution >= 4 is 28.8 Å². The number of anilines is 2. The number of rotatable bonds is 7. The Morgan fingerprint density at radius 3 is 2.48 bits per heavy atom. The van der Waals surface area contributed by atoms with Gasteiger partial charge in [0.05, 0.1) is 11.7 Å². The van der Waals surface area contributed by atoms with Crippen molar-refractivity contribution in [3.8, 4) is 5.75 Å². The molecule has 0 saturated heterocycles. The molecule has 206 valence electrons. The topological polar surface area (TPSA) is 87.7 Å². The minimum Gasteiger partial charge on any atom is -0.490 e. The molecule has 9 heteroatoms. The summed E-state index contributed by atoms with van der Waals surface area (Å²) in [5, 5.41) is 15.3. The van der Waals surface area contributed by atoms with Crippen LogP contribution in [0.2, 0.25) is 0 Å². The van der Waals surface area contributed by atoms with Crippen LogP contribution in [0.25, 0.3) is 5.57 Å². The van der Waals surface area contributed by atoms with Gasteiger partial charge in [-0.1, -0.05) is 42.5 Å². The number of nitrogens with one attached hydrogen (secondary N) is 2. The summed E-state index contributed by atoms with van der Waals surface area (Å²) in [6, 6.07) is 17.2.